The molecule has 0 bridgehead atoms. The highest BCUT2D eigenvalue weighted by molar-refractivity contribution is 6.31. The van der Waals surface area contributed by atoms with Gasteiger partial charge in [0.15, 0.2) is 0 Å². The molecule has 3 heterocycles. The Morgan fingerprint density at radius 2 is 1.91 bits per heavy atom. The lowest BCUT2D eigenvalue weighted by atomic mass is 10.1. The molecular formula is C25H31ClFN5O2. The lowest BCUT2D eigenvalue weighted by Crippen LogP contribution is -2.39. The maximum atomic E-state index is 14.1. The maximum Gasteiger partial charge on any atom is 0.257 e. The number of hydrogen-bond donors (Lipinski definition) is 1. The van der Waals surface area contributed by atoms with E-state index < -0.39 is 11.7 Å². The molecule has 34 heavy (non-hydrogen) atoms. The van der Waals surface area contributed by atoms with E-state index in [1.807, 2.05) is 0 Å². The predicted octanol–water partition coefficient (Wildman–Crippen LogP) is 4.40. The van der Waals surface area contributed by atoms with Crippen LogP contribution in [0.2, 0.25) is 5.02 Å². The van der Waals surface area contributed by atoms with Crippen molar-refractivity contribution in [3.05, 3.63) is 51.8 Å². The number of likely N-dealkylation sites (tertiary alicyclic amines) is 2. The number of benzene rings is 1. The van der Waals surface area contributed by atoms with Gasteiger partial charge in [-0.15, -0.1) is 0 Å². The van der Waals surface area contributed by atoms with Crippen LogP contribution in [0.5, 0.6) is 5.75 Å². The van der Waals surface area contributed by atoms with Crippen LogP contribution in [0.15, 0.2) is 18.2 Å². The quantitative estimate of drug-likeness (QED) is 0.653. The highest BCUT2D eigenvalue weighted by atomic mass is 35.5. The molecule has 2 aromatic rings. The molecule has 2 aliphatic rings. The number of aryl methyl sites for hydroxylation is 2. The predicted molar refractivity (Wildman–Crippen MR) is 130 cm³/mol. The summed E-state index contributed by atoms with van der Waals surface area (Å²) in [5, 5.41) is 8.98. The molecule has 182 valence electrons. The van der Waals surface area contributed by atoms with Gasteiger partial charge in [0, 0.05) is 31.4 Å². The Morgan fingerprint density at radius 1 is 1.24 bits per heavy atom. The minimum absolute atomic E-state index is 0.0560. The van der Waals surface area contributed by atoms with Crippen LogP contribution < -0.4 is 4.74 Å². The lowest BCUT2D eigenvalue weighted by molar-refractivity contribution is 0.0769. The summed E-state index contributed by atoms with van der Waals surface area (Å²) in [6, 6.07) is 4.04. The van der Waals surface area contributed by atoms with Gasteiger partial charge >= 0.3 is 0 Å². The molecule has 7 nitrogen and oxygen atoms in total. The highest BCUT2D eigenvalue weighted by Gasteiger charge is 2.36. The number of rotatable bonds is 6. The second-order valence-electron chi connectivity index (χ2n) is 9.13. The van der Waals surface area contributed by atoms with Gasteiger partial charge in [-0.25, -0.2) is 14.4 Å². The molecule has 1 N–H and O–H groups in total. The van der Waals surface area contributed by atoms with E-state index in [0.29, 0.717) is 33.5 Å². The Kier molecular flexibility index (Phi) is 7.48. The zero-order chi connectivity index (χ0) is 24.4. The fraction of sp³-hybridized carbons (Fsp3) is 0.520. The van der Waals surface area contributed by atoms with Crippen molar-refractivity contribution in [2.45, 2.75) is 52.1 Å². The number of nitrogens with zero attached hydrogens (tertiary/aromatic N) is 4. The smallest absolute Gasteiger partial charge is 0.257 e. The van der Waals surface area contributed by atoms with Crippen molar-refractivity contribution in [2.75, 3.05) is 32.7 Å². The van der Waals surface area contributed by atoms with Crippen molar-refractivity contribution in [1.82, 2.24) is 19.8 Å². The number of halogens is 2. The van der Waals surface area contributed by atoms with Crippen molar-refractivity contribution in [3.63, 3.8) is 0 Å². The third kappa shape index (κ3) is 5.23. The monoisotopic (exact) mass is 487 g/mol. The molecule has 0 aliphatic carbocycles. The normalized spacial score (nSPS) is 19.6. The number of piperidine rings is 1. The summed E-state index contributed by atoms with van der Waals surface area (Å²) < 4.78 is 20.2. The summed E-state index contributed by atoms with van der Waals surface area (Å²) in [6.45, 7) is 9.15. The summed E-state index contributed by atoms with van der Waals surface area (Å²) in [5.74, 6) is -0.362. The number of carbonyl (C=O) groups is 1. The second kappa shape index (κ2) is 10.4. The van der Waals surface area contributed by atoms with Crippen LogP contribution in [0.4, 0.5) is 4.39 Å². The Hall–Kier alpha value is -2.58. The van der Waals surface area contributed by atoms with E-state index in [0.717, 1.165) is 38.9 Å². The molecule has 2 aliphatic heterocycles. The molecule has 1 amide bonds. The van der Waals surface area contributed by atoms with Crippen LogP contribution >= 0.6 is 11.6 Å². The van der Waals surface area contributed by atoms with Gasteiger partial charge in [-0.1, -0.05) is 18.5 Å². The van der Waals surface area contributed by atoms with Gasteiger partial charge in [0.05, 0.1) is 34.4 Å². The van der Waals surface area contributed by atoms with E-state index >= 15 is 0 Å². The fourth-order valence-corrected chi connectivity index (χ4v) is 4.76. The summed E-state index contributed by atoms with van der Waals surface area (Å²) in [6.07, 6.45) is 2.74. The summed E-state index contributed by atoms with van der Waals surface area (Å²) in [4.78, 5) is 26.3. The van der Waals surface area contributed by atoms with Crippen LogP contribution in [0.25, 0.3) is 0 Å². The lowest BCUT2D eigenvalue weighted by Gasteiger charge is -2.32. The van der Waals surface area contributed by atoms with Crippen molar-refractivity contribution in [1.29, 1.82) is 5.41 Å². The minimum Gasteiger partial charge on any atom is -0.489 e. The van der Waals surface area contributed by atoms with Crippen molar-refractivity contribution in [2.24, 2.45) is 0 Å². The zero-order valence-corrected chi connectivity index (χ0v) is 20.7. The molecule has 4 rings (SSSR count). The average molecular weight is 488 g/mol. The van der Waals surface area contributed by atoms with E-state index in [2.05, 4.69) is 21.8 Å². The Morgan fingerprint density at radius 3 is 2.56 bits per heavy atom. The Balaban J connectivity index is 1.50. The van der Waals surface area contributed by atoms with Crippen LogP contribution in [-0.4, -0.2) is 70.2 Å². The largest absolute Gasteiger partial charge is 0.489 e. The van der Waals surface area contributed by atoms with Crippen molar-refractivity contribution < 1.29 is 13.9 Å². The van der Waals surface area contributed by atoms with Crippen molar-refractivity contribution >= 4 is 23.2 Å². The second-order valence-corrected chi connectivity index (χ2v) is 9.51. The van der Waals surface area contributed by atoms with Gasteiger partial charge in [-0.05, 0) is 51.8 Å². The van der Waals surface area contributed by atoms with E-state index in [4.69, 9.17) is 21.7 Å². The third-order valence-electron chi connectivity index (χ3n) is 6.53. The van der Waals surface area contributed by atoms with E-state index in [1.165, 1.54) is 18.2 Å². The fourth-order valence-electron chi connectivity index (χ4n) is 4.67. The van der Waals surface area contributed by atoms with Gasteiger partial charge in [0.2, 0.25) is 0 Å². The van der Waals surface area contributed by atoms with Gasteiger partial charge in [0.25, 0.3) is 5.91 Å². The van der Waals surface area contributed by atoms with Gasteiger partial charge in [-0.2, -0.15) is 0 Å². The standard InChI is InChI=1S/C25H31ClFN5O2/c1-4-9-31-10-7-18(8-11-31)34-22-12-17(27)5-6-19(22)25(33)32-13-20(21(28)14-32)24-29-15(2)23(26)16(3)30-24/h5-6,12,18,20,28H,4,7-11,13-14H2,1-3H3. The molecule has 1 atom stereocenters. The summed E-state index contributed by atoms with van der Waals surface area (Å²) in [7, 11) is 0. The number of aromatic nitrogens is 2. The highest BCUT2D eigenvalue weighted by Crippen LogP contribution is 2.30. The SMILES string of the molecule is CCCN1CCC(Oc2cc(F)ccc2C(=O)N2CC(=N)C(c3nc(C)c(Cl)c(C)n3)C2)CC1. The first-order valence-electron chi connectivity index (χ1n) is 11.8. The first-order valence-corrected chi connectivity index (χ1v) is 12.2. The average Bonchev–Trinajstić information content (AvgIpc) is 3.20. The summed E-state index contributed by atoms with van der Waals surface area (Å²) >= 11 is 6.20. The number of ether oxygens (including phenoxy) is 1. The maximum absolute atomic E-state index is 14.1. The molecule has 0 spiro atoms. The summed E-state index contributed by atoms with van der Waals surface area (Å²) in [5.41, 5.74) is 1.99. The molecule has 1 aromatic heterocycles. The molecular weight excluding hydrogens is 457 g/mol. The minimum atomic E-state index is -0.442. The first kappa shape index (κ1) is 24.5. The van der Waals surface area contributed by atoms with Gasteiger partial charge in [0.1, 0.15) is 23.5 Å². The zero-order valence-electron chi connectivity index (χ0n) is 19.9. The van der Waals surface area contributed by atoms with Crippen LogP contribution in [-0.2, 0) is 0 Å². The van der Waals surface area contributed by atoms with Gasteiger partial charge in [-0.3, -0.25) is 4.79 Å². The topological polar surface area (TPSA) is 82.4 Å². The molecule has 0 saturated carbocycles. The van der Waals surface area contributed by atoms with E-state index in [-0.39, 0.29) is 30.9 Å². The Bertz CT molecular complexity index is 1060. The number of hydrogen-bond acceptors (Lipinski definition) is 6. The van der Waals surface area contributed by atoms with Crippen LogP contribution in [0.1, 0.15) is 59.7 Å². The molecule has 1 unspecified atom stereocenters. The third-order valence-corrected chi connectivity index (χ3v) is 7.07. The number of amides is 1. The molecule has 1 aromatic carbocycles. The van der Waals surface area contributed by atoms with E-state index in [1.54, 1.807) is 18.7 Å². The molecule has 2 fully saturated rings. The van der Waals surface area contributed by atoms with Crippen LogP contribution in [0, 0.1) is 25.1 Å². The number of nitrogens with one attached hydrogen (secondary N) is 1. The van der Waals surface area contributed by atoms with E-state index in [9.17, 15) is 9.18 Å². The molecule has 2 saturated heterocycles. The molecule has 9 heteroatoms. The van der Waals surface area contributed by atoms with Crippen LogP contribution in [0.3, 0.4) is 0 Å². The number of carbonyl (C=O) groups excluding carboxylic acids is 1. The Labute approximate surface area is 204 Å². The first-order chi connectivity index (χ1) is 16.3. The van der Waals surface area contributed by atoms with Gasteiger partial charge < -0.3 is 19.9 Å². The molecule has 0 radical (unpaired) electrons. The van der Waals surface area contributed by atoms with Crippen molar-refractivity contribution in [3.8, 4) is 5.75 Å².